The normalized spacial score (nSPS) is 22.4. The van der Waals surface area contributed by atoms with Gasteiger partial charge in [0.15, 0.2) is 0 Å². The standard InChI is InChI=1S/C12H20N2/c1-5-14-7-6-12-11(10(14)3)8-9(2)13(12)4/h8,10H,5-7H2,1-4H3. The Morgan fingerprint density at radius 1 is 1.50 bits per heavy atom. The Morgan fingerprint density at radius 3 is 2.86 bits per heavy atom. The minimum absolute atomic E-state index is 0.601. The summed E-state index contributed by atoms with van der Waals surface area (Å²) in [6.07, 6.45) is 1.21. The van der Waals surface area contributed by atoms with Gasteiger partial charge in [-0.3, -0.25) is 4.90 Å². The van der Waals surface area contributed by atoms with Gasteiger partial charge in [0.25, 0.3) is 0 Å². The smallest absolute Gasteiger partial charge is 0.0337 e. The highest BCUT2D eigenvalue weighted by molar-refractivity contribution is 5.32. The Kier molecular flexibility index (Phi) is 2.40. The van der Waals surface area contributed by atoms with Gasteiger partial charge < -0.3 is 4.57 Å². The molecule has 1 unspecified atom stereocenters. The van der Waals surface area contributed by atoms with E-state index in [2.05, 4.69) is 43.4 Å². The van der Waals surface area contributed by atoms with Gasteiger partial charge in [-0.05, 0) is 32.0 Å². The lowest BCUT2D eigenvalue weighted by Gasteiger charge is -2.33. The number of nitrogens with zero attached hydrogens (tertiary/aromatic N) is 2. The molecule has 2 nitrogen and oxygen atoms in total. The van der Waals surface area contributed by atoms with Crippen molar-refractivity contribution in [3.05, 3.63) is 23.0 Å². The first-order chi connectivity index (χ1) is 6.65. The largest absolute Gasteiger partial charge is 0.352 e. The Balaban J connectivity index is 2.41. The third-order valence-electron chi connectivity index (χ3n) is 3.67. The summed E-state index contributed by atoms with van der Waals surface area (Å²) in [4.78, 5) is 2.54. The number of hydrogen-bond donors (Lipinski definition) is 0. The van der Waals surface area contributed by atoms with E-state index in [-0.39, 0.29) is 0 Å². The molecule has 14 heavy (non-hydrogen) atoms. The van der Waals surface area contributed by atoms with E-state index in [0.29, 0.717) is 6.04 Å². The second-order valence-electron chi connectivity index (χ2n) is 4.30. The number of aryl methyl sites for hydroxylation is 1. The third-order valence-corrected chi connectivity index (χ3v) is 3.67. The number of fused-ring (bicyclic) bond motifs is 1. The molecule has 0 N–H and O–H groups in total. The maximum atomic E-state index is 2.54. The average molecular weight is 192 g/mol. The van der Waals surface area contributed by atoms with Crippen LogP contribution in [0.25, 0.3) is 0 Å². The van der Waals surface area contributed by atoms with Gasteiger partial charge in [0, 0.05) is 37.4 Å². The fourth-order valence-electron chi connectivity index (χ4n) is 2.56. The van der Waals surface area contributed by atoms with Crippen molar-refractivity contribution in [2.45, 2.75) is 33.2 Å². The molecule has 1 aliphatic rings. The van der Waals surface area contributed by atoms with Crippen molar-refractivity contribution in [2.75, 3.05) is 13.1 Å². The van der Waals surface area contributed by atoms with Crippen molar-refractivity contribution in [2.24, 2.45) is 7.05 Å². The van der Waals surface area contributed by atoms with Gasteiger partial charge >= 0.3 is 0 Å². The number of aromatic nitrogens is 1. The molecule has 0 spiro atoms. The van der Waals surface area contributed by atoms with Crippen LogP contribution in [0.5, 0.6) is 0 Å². The molecule has 0 amide bonds. The zero-order valence-electron chi connectivity index (χ0n) is 9.67. The second kappa shape index (κ2) is 3.43. The van der Waals surface area contributed by atoms with Gasteiger partial charge in [-0.1, -0.05) is 6.92 Å². The summed E-state index contributed by atoms with van der Waals surface area (Å²) in [7, 11) is 2.18. The summed E-state index contributed by atoms with van der Waals surface area (Å²) >= 11 is 0. The number of hydrogen-bond acceptors (Lipinski definition) is 1. The summed E-state index contributed by atoms with van der Waals surface area (Å²) in [5.41, 5.74) is 4.47. The minimum atomic E-state index is 0.601. The molecule has 0 saturated carbocycles. The van der Waals surface area contributed by atoms with Crippen LogP contribution in [0, 0.1) is 6.92 Å². The predicted octanol–water partition coefficient (Wildman–Crippen LogP) is 2.27. The van der Waals surface area contributed by atoms with Gasteiger partial charge in [0.05, 0.1) is 0 Å². The Morgan fingerprint density at radius 2 is 2.21 bits per heavy atom. The molecule has 2 heterocycles. The van der Waals surface area contributed by atoms with Crippen LogP contribution in [-0.2, 0) is 13.5 Å². The maximum Gasteiger partial charge on any atom is 0.0337 e. The summed E-state index contributed by atoms with van der Waals surface area (Å²) in [6, 6.07) is 2.95. The Hall–Kier alpha value is -0.760. The van der Waals surface area contributed by atoms with Crippen molar-refractivity contribution in [3.8, 4) is 0 Å². The lowest BCUT2D eigenvalue weighted by atomic mass is 10.0. The van der Waals surface area contributed by atoms with Crippen LogP contribution in [0.2, 0.25) is 0 Å². The molecule has 0 radical (unpaired) electrons. The van der Waals surface area contributed by atoms with Gasteiger partial charge in [0.1, 0.15) is 0 Å². The molecule has 1 aromatic rings. The zero-order chi connectivity index (χ0) is 10.3. The van der Waals surface area contributed by atoms with E-state index >= 15 is 0 Å². The number of likely N-dealkylation sites (N-methyl/N-ethyl adjacent to an activating group) is 1. The van der Waals surface area contributed by atoms with Crippen molar-refractivity contribution in [1.82, 2.24) is 9.47 Å². The molecular weight excluding hydrogens is 172 g/mol. The highest BCUT2D eigenvalue weighted by Crippen LogP contribution is 2.30. The van der Waals surface area contributed by atoms with E-state index in [1.54, 1.807) is 5.69 Å². The monoisotopic (exact) mass is 192 g/mol. The van der Waals surface area contributed by atoms with Crippen LogP contribution in [0.3, 0.4) is 0 Å². The molecule has 0 bridgehead atoms. The van der Waals surface area contributed by atoms with Crippen molar-refractivity contribution < 1.29 is 0 Å². The molecule has 0 aliphatic carbocycles. The Bertz CT molecular complexity index is 338. The first kappa shape index (κ1) is 9.78. The van der Waals surface area contributed by atoms with Gasteiger partial charge in [0.2, 0.25) is 0 Å². The van der Waals surface area contributed by atoms with E-state index < -0.39 is 0 Å². The summed E-state index contributed by atoms with van der Waals surface area (Å²) in [5.74, 6) is 0. The first-order valence-electron chi connectivity index (χ1n) is 5.54. The summed E-state index contributed by atoms with van der Waals surface area (Å²) in [5, 5.41) is 0. The highest BCUT2D eigenvalue weighted by Gasteiger charge is 2.25. The van der Waals surface area contributed by atoms with E-state index in [4.69, 9.17) is 0 Å². The molecule has 1 aliphatic heterocycles. The average Bonchev–Trinajstić information content (AvgIpc) is 2.46. The summed E-state index contributed by atoms with van der Waals surface area (Å²) in [6.45, 7) is 9.13. The van der Waals surface area contributed by atoms with E-state index in [1.165, 1.54) is 24.2 Å². The van der Waals surface area contributed by atoms with Crippen LogP contribution in [0.1, 0.15) is 36.8 Å². The fraction of sp³-hybridized carbons (Fsp3) is 0.667. The SMILES string of the molecule is CCN1CCc2c(cc(C)n2C)C1C. The molecular formula is C12H20N2. The van der Waals surface area contributed by atoms with Gasteiger partial charge in [-0.15, -0.1) is 0 Å². The van der Waals surface area contributed by atoms with Crippen molar-refractivity contribution in [1.29, 1.82) is 0 Å². The van der Waals surface area contributed by atoms with E-state index in [0.717, 1.165) is 6.54 Å². The predicted molar refractivity (Wildman–Crippen MR) is 59.5 cm³/mol. The molecule has 0 fully saturated rings. The molecule has 1 atom stereocenters. The topological polar surface area (TPSA) is 8.17 Å². The lowest BCUT2D eigenvalue weighted by Crippen LogP contribution is -2.33. The van der Waals surface area contributed by atoms with Crippen molar-refractivity contribution >= 4 is 0 Å². The molecule has 78 valence electrons. The van der Waals surface area contributed by atoms with Crippen LogP contribution >= 0.6 is 0 Å². The summed E-state index contributed by atoms with van der Waals surface area (Å²) < 4.78 is 2.35. The van der Waals surface area contributed by atoms with Gasteiger partial charge in [-0.25, -0.2) is 0 Å². The lowest BCUT2D eigenvalue weighted by molar-refractivity contribution is 0.207. The Labute approximate surface area is 86.5 Å². The molecule has 2 heteroatoms. The molecule has 0 aromatic carbocycles. The second-order valence-corrected chi connectivity index (χ2v) is 4.30. The zero-order valence-corrected chi connectivity index (χ0v) is 9.67. The van der Waals surface area contributed by atoms with Crippen LogP contribution in [-0.4, -0.2) is 22.6 Å². The van der Waals surface area contributed by atoms with Crippen LogP contribution < -0.4 is 0 Å². The minimum Gasteiger partial charge on any atom is -0.352 e. The quantitative estimate of drug-likeness (QED) is 0.662. The maximum absolute atomic E-state index is 2.54. The molecule has 1 aromatic heterocycles. The van der Waals surface area contributed by atoms with E-state index in [1.807, 2.05) is 0 Å². The van der Waals surface area contributed by atoms with Gasteiger partial charge in [-0.2, -0.15) is 0 Å². The first-order valence-corrected chi connectivity index (χ1v) is 5.54. The van der Waals surface area contributed by atoms with Crippen molar-refractivity contribution in [3.63, 3.8) is 0 Å². The molecule has 0 saturated heterocycles. The fourth-order valence-corrected chi connectivity index (χ4v) is 2.56. The highest BCUT2D eigenvalue weighted by atomic mass is 15.2. The number of rotatable bonds is 1. The van der Waals surface area contributed by atoms with Crippen LogP contribution in [0.15, 0.2) is 6.07 Å². The third kappa shape index (κ3) is 1.29. The molecule has 2 rings (SSSR count). The van der Waals surface area contributed by atoms with E-state index in [9.17, 15) is 0 Å². The van der Waals surface area contributed by atoms with Crippen LogP contribution in [0.4, 0.5) is 0 Å².